The highest BCUT2D eigenvalue weighted by molar-refractivity contribution is 7.90. The van der Waals surface area contributed by atoms with E-state index in [0.29, 0.717) is 12.5 Å². The Morgan fingerprint density at radius 3 is 2.31 bits per heavy atom. The topological polar surface area (TPSA) is 52.0 Å². The van der Waals surface area contributed by atoms with E-state index in [9.17, 15) is 8.42 Å². The highest BCUT2D eigenvalue weighted by atomic mass is 32.2. The number of rotatable bonds is 4. The van der Waals surface area contributed by atoms with E-state index >= 15 is 0 Å². The van der Waals surface area contributed by atoms with Gasteiger partial charge in [0.2, 0.25) is 0 Å². The number of sulfone groups is 1. The molecular weight excluding hydrogens is 224 g/mol. The Labute approximate surface area is 98.6 Å². The molecule has 94 valence electrons. The van der Waals surface area contributed by atoms with Gasteiger partial charge in [-0.05, 0) is 11.5 Å². The monoisotopic (exact) mass is 246 g/mol. The maximum atomic E-state index is 10.9. The third kappa shape index (κ3) is 5.90. The summed E-state index contributed by atoms with van der Waals surface area (Å²) in [5.41, 5.74) is 1.14. The largest absolute Gasteiger partial charge is 0.271 e. The first kappa shape index (κ1) is 15.2. The number of aryl methyl sites for hydroxylation is 1. The SMILES string of the molecule is CC.CC(C)c1cnn(CCS(C)(=O)=O)c1. The van der Waals surface area contributed by atoms with E-state index in [1.807, 2.05) is 20.0 Å². The zero-order valence-corrected chi connectivity index (χ0v) is 11.6. The van der Waals surface area contributed by atoms with Gasteiger partial charge in [0.25, 0.3) is 0 Å². The van der Waals surface area contributed by atoms with E-state index in [4.69, 9.17) is 0 Å². The van der Waals surface area contributed by atoms with Crippen molar-refractivity contribution in [3.63, 3.8) is 0 Å². The van der Waals surface area contributed by atoms with Crippen LogP contribution in [0, 0.1) is 0 Å². The molecule has 0 unspecified atom stereocenters. The molecule has 1 aromatic heterocycles. The quantitative estimate of drug-likeness (QED) is 0.817. The molecule has 0 saturated carbocycles. The van der Waals surface area contributed by atoms with Crippen molar-refractivity contribution in [2.75, 3.05) is 12.0 Å². The van der Waals surface area contributed by atoms with Crippen molar-refractivity contribution in [3.8, 4) is 0 Å². The summed E-state index contributed by atoms with van der Waals surface area (Å²) >= 11 is 0. The number of aromatic nitrogens is 2. The van der Waals surface area contributed by atoms with Crippen LogP contribution < -0.4 is 0 Å². The predicted molar refractivity (Wildman–Crippen MR) is 67.4 cm³/mol. The summed E-state index contributed by atoms with van der Waals surface area (Å²) in [5, 5.41) is 4.09. The fraction of sp³-hybridized carbons (Fsp3) is 0.727. The molecule has 0 aliphatic rings. The molecule has 0 aromatic carbocycles. The van der Waals surface area contributed by atoms with Crippen molar-refractivity contribution in [1.82, 2.24) is 9.78 Å². The zero-order valence-electron chi connectivity index (χ0n) is 10.8. The van der Waals surface area contributed by atoms with E-state index in [-0.39, 0.29) is 5.75 Å². The van der Waals surface area contributed by atoms with E-state index in [1.54, 1.807) is 10.9 Å². The maximum Gasteiger partial charge on any atom is 0.149 e. The van der Waals surface area contributed by atoms with E-state index in [2.05, 4.69) is 18.9 Å². The maximum absolute atomic E-state index is 10.9. The van der Waals surface area contributed by atoms with Crippen molar-refractivity contribution in [2.45, 2.75) is 40.2 Å². The first-order chi connectivity index (χ1) is 7.38. The molecule has 1 heterocycles. The lowest BCUT2D eigenvalue weighted by Gasteiger charge is -2.00. The van der Waals surface area contributed by atoms with Crippen molar-refractivity contribution in [2.24, 2.45) is 0 Å². The average Bonchev–Trinajstić information content (AvgIpc) is 2.65. The molecule has 0 amide bonds. The van der Waals surface area contributed by atoms with Crippen LogP contribution in [0.4, 0.5) is 0 Å². The Hall–Kier alpha value is -0.840. The van der Waals surface area contributed by atoms with Crippen molar-refractivity contribution in [1.29, 1.82) is 0 Å². The van der Waals surface area contributed by atoms with Crippen LogP contribution >= 0.6 is 0 Å². The van der Waals surface area contributed by atoms with Gasteiger partial charge < -0.3 is 0 Å². The van der Waals surface area contributed by atoms with Gasteiger partial charge in [-0.2, -0.15) is 5.10 Å². The number of hydrogen-bond donors (Lipinski definition) is 0. The van der Waals surface area contributed by atoms with Gasteiger partial charge in [-0.3, -0.25) is 4.68 Å². The minimum atomic E-state index is -2.89. The summed E-state index contributed by atoms with van der Waals surface area (Å²) in [6.45, 7) is 8.60. The lowest BCUT2D eigenvalue weighted by molar-refractivity contribution is 0.586. The molecule has 0 spiro atoms. The van der Waals surface area contributed by atoms with Crippen LogP contribution in [0.25, 0.3) is 0 Å². The minimum Gasteiger partial charge on any atom is -0.271 e. The standard InChI is InChI=1S/C9H16N2O2S.C2H6/c1-8(2)9-6-10-11(7-9)4-5-14(3,12)13;1-2/h6-8H,4-5H2,1-3H3;1-2H3. The Kier molecular flexibility index (Phi) is 6.33. The second-order valence-electron chi connectivity index (χ2n) is 3.82. The van der Waals surface area contributed by atoms with Crippen LogP contribution in [0.2, 0.25) is 0 Å². The smallest absolute Gasteiger partial charge is 0.149 e. The van der Waals surface area contributed by atoms with Gasteiger partial charge in [-0.25, -0.2) is 8.42 Å². The second-order valence-corrected chi connectivity index (χ2v) is 6.08. The molecule has 0 atom stereocenters. The minimum absolute atomic E-state index is 0.145. The Morgan fingerprint density at radius 1 is 1.38 bits per heavy atom. The Bertz CT molecular complexity index is 394. The molecular formula is C11H22N2O2S. The number of hydrogen-bond acceptors (Lipinski definition) is 3. The molecule has 0 N–H and O–H groups in total. The summed E-state index contributed by atoms with van der Waals surface area (Å²) in [5.74, 6) is 0.577. The lowest BCUT2D eigenvalue weighted by Crippen LogP contribution is -2.11. The van der Waals surface area contributed by atoms with Gasteiger partial charge in [0.15, 0.2) is 0 Å². The van der Waals surface area contributed by atoms with Gasteiger partial charge in [-0.1, -0.05) is 27.7 Å². The van der Waals surface area contributed by atoms with E-state index < -0.39 is 9.84 Å². The highest BCUT2D eigenvalue weighted by Gasteiger charge is 2.05. The molecule has 5 heteroatoms. The van der Waals surface area contributed by atoms with Crippen LogP contribution in [0.1, 0.15) is 39.2 Å². The van der Waals surface area contributed by atoms with Crippen molar-refractivity contribution < 1.29 is 8.42 Å². The average molecular weight is 246 g/mol. The summed E-state index contributed by atoms with van der Waals surface area (Å²) in [4.78, 5) is 0. The van der Waals surface area contributed by atoms with Crippen LogP contribution in [-0.2, 0) is 16.4 Å². The Balaban J connectivity index is 0.00000106. The van der Waals surface area contributed by atoms with E-state index in [1.165, 1.54) is 6.26 Å². The van der Waals surface area contributed by atoms with Gasteiger partial charge in [0.1, 0.15) is 9.84 Å². The molecule has 16 heavy (non-hydrogen) atoms. The van der Waals surface area contributed by atoms with Crippen LogP contribution in [0.5, 0.6) is 0 Å². The van der Waals surface area contributed by atoms with Crippen LogP contribution in [0.15, 0.2) is 12.4 Å². The summed E-state index contributed by atoms with van der Waals surface area (Å²) in [7, 11) is -2.89. The number of nitrogens with zero attached hydrogens (tertiary/aromatic N) is 2. The lowest BCUT2D eigenvalue weighted by atomic mass is 10.1. The zero-order chi connectivity index (χ0) is 12.8. The van der Waals surface area contributed by atoms with Gasteiger partial charge >= 0.3 is 0 Å². The van der Waals surface area contributed by atoms with Gasteiger partial charge in [0.05, 0.1) is 18.5 Å². The normalized spacial score (nSPS) is 11.1. The van der Waals surface area contributed by atoms with Crippen molar-refractivity contribution in [3.05, 3.63) is 18.0 Å². The summed E-state index contributed by atoms with van der Waals surface area (Å²) in [6, 6.07) is 0. The molecule has 1 rings (SSSR count). The molecule has 0 radical (unpaired) electrons. The third-order valence-electron chi connectivity index (χ3n) is 2.01. The second kappa shape index (κ2) is 6.68. The first-order valence-corrected chi connectivity index (χ1v) is 7.64. The van der Waals surface area contributed by atoms with Crippen molar-refractivity contribution >= 4 is 9.84 Å². The molecule has 0 saturated heterocycles. The molecule has 0 aliphatic heterocycles. The van der Waals surface area contributed by atoms with Gasteiger partial charge in [0, 0.05) is 12.5 Å². The molecule has 0 bridgehead atoms. The van der Waals surface area contributed by atoms with Crippen LogP contribution in [0.3, 0.4) is 0 Å². The predicted octanol–water partition coefficient (Wildman–Crippen LogP) is 2.08. The fourth-order valence-electron chi connectivity index (χ4n) is 1.06. The summed E-state index contributed by atoms with van der Waals surface area (Å²) in [6.07, 6.45) is 4.92. The van der Waals surface area contributed by atoms with Crippen LogP contribution in [-0.4, -0.2) is 30.2 Å². The van der Waals surface area contributed by atoms with Gasteiger partial charge in [-0.15, -0.1) is 0 Å². The summed E-state index contributed by atoms with van der Waals surface area (Å²) < 4.78 is 23.5. The molecule has 4 nitrogen and oxygen atoms in total. The molecule has 0 aliphatic carbocycles. The van der Waals surface area contributed by atoms with E-state index in [0.717, 1.165) is 5.56 Å². The third-order valence-corrected chi connectivity index (χ3v) is 2.94. The highest BCUT2D eigenvalue weighted by Crippen LogP contribution is 2.11. The fourth-order valence-corrected chi connectivity index (χ4v) is 1.58. The Morgan fingerprint density at radius 2 is 1.94 bits per heavy atom. The molecule has 0 fully saturated rings. The molecule has 1 aromatic rings. The first-order valence-electron chi connectivity index (χ1n) is 5.58.